The number of hydrogen-bond donors (Lipinski definition) is 3. The van der Waals surface area contributed by atoms with Crippen molar-refractivity contribution < 1.29 is 45.7 Å². The molecule has 0 bridgehead atoms. The molecule has 0 atom stereocenters. The smallest absolute Gasteiger partial charge is 0.455 e. The van der Waals surface area contributed by atoms with Gasteiger partial charge in [0.15, 0.2) is 0 Å². The van der Waals surface area contributed by atoms with Gasteiger partial charge in [0, 0.05) is 19.2 Å². The van der Waals surface area contributed by atoms with Crippen LogP contribution < -0.4 is 20.3 Å². The van der Waals surface area contributed by atoms with Crippen LogP contribution >= 0.6 is 0 Å². The highest BCUT2D eigenvalue weighted by molar-refractivity contribution is 5.90. The minimum Gasteiger partial charge on any atom is -0.475 e. The number of aliphatic hydroxyl groups is 1. The summed E-state index contributed by atoms with van der Waals surface area (Å²) in [7, 11) is 0. The van der Waals surface area contributed by atoms with Crippen molar-refractivity contribution in [3.05, 3.63) is 35.6 Å². The minimum atomic E-state index is -5.85. The van der Waals surface area contributed by atoms with E-state index in [4.69, 9.17) is 14.6 Å². The summed E-state index contributed by atoms with van der Waals surface area (Å²) in [6.45, 7) is 1.34. The molecule has 1 aliphatic heterocycles. The van der Waals surface area contributed by atoms with Crippen LogP contribution in [0.1, 0.15) is 5.56 Å². The SMILES string of the molecule is Cc1cc(F)c(NC(=O)NCC(F)(F)C(F)(F)F)cc1-c1cc(OCCO)nc(N2CCOCC2)c1. The van der Waals surface area contributed by atoms with E-state index in [1.165, 1.54) is 17.4 Å². The van der Waals surface area contributed by atoms with Gasteiger partial charge in [-0.1, -0.05) is 0 Å². The summed E-state index contributed by atoms with van der Waals surface area (Å²) in [6.07, 6.45) is -5.85. The number of halogens is 6. The van der Waals surface area contributed by atoms with Crippen LogP contribution in [0.5, 0.6) is 5.88 Å². The highest BCUT2D eigenvalue weighted by Crippen LogP contribution is 2.35. The predicted octanol–water partition coefficient (Wildman–Crippen LogP) is 3.72. The van der Waals surface area contributed by atoms with Crippen molar-refractivity contribution in [1.82, 2.24) is 10.3 Å². The van der Waals surface area contributed by atoms with E-state index in [9.17, 15) is 31.1 Å². The van der Waals surface area contributed by atoms with Crippen LogP contribution in [0.2, 0.25) is 0 Å². The van der Waals surface area contributed by atoms with Crippen LogP contribution in [0.15, 0.2) is 24.3 Å². The van der Waals surface area contributed by atoms with E-state index in [0.29, 0.717) is 48.8 Å². The number of ether oxygens (including phenoxy) is 2. The van der Waals surface area contributed by atoms with Gasteiger partial charge in [-0.25, -0.2) is 9.18 Å². The Hall–Kier alpha value is -3.26. The van der Waals surface area contributed by atoms with E-state index in [0.717, 1.165) is 6.07 Å². The van der Waals surface area contributed by atoms with Gasteiger partial charge >= 0.3 is 18.1 Å². The van der Waals surface area contributed by atoms with Gasteiger partial charge < -0.3 is 30.1 Å². The van der Waals surface area contributed by atoms with E-state index in [-0.39, 0.29) is 19.1 Å². The van der Waals surface area contributed by atoms with Crippen LogP contribution in [0, 0.1) is 12.7 Å². The molecule has 0 unspecified atom stereocenters. The van der Waals surface area contributed by atoms with Gasteiger partial charge in [-0.2, -0.15) is 26.9 Å². The zero-order chi connectivity index (χ0) is 26.5. The number of urea groups is 1. The van der Waals surface area contributed by atoms with Gasteiger partial charge in [-0.3, -0.25) is 0 Å². The molecule has 1 fully saturated rings. The molecule has 3 N–H and O–H groups in total. The number of anilines is 2. The van der Waals surface area contributed by atoms with Crippen LogP contribution in [-0.4, -0.2) is 74.3 Å². The van der Waals surface area contributed by atoms with Crippen LogP contribution in [0.25, 0.3) is 11.1 Å². The monoisotopic (exact) mass is 522 g/mol. The molecule has 2 aromatic rings. The molecule has 8 nitrogen and oxygen atoms in total. The highest BCUT2D eigenvalue weighted by Gasteiger charge is 2.57. The van der Waals surface area contributed by atoms with Gasteiger partial charge in [0.05, 0.1) is 32.1 Å². The van der Waals surface area contributed by atoms with Crippen molar-refractivity contribution in [2.24, 2.45) is 0 Å². The molecule has 1 aromatic carbocycles. The molecule has 1 aromatic heterocycles. The zero-order valence-electron chi connectivity index (χ0n) is 19.1. The third kappa shape index (κ3) is 6.69. The molecule has 3 rings (SSSR count). The Balaban J connectivity index is 1.89. The van der Waals surface area contributed by atoms with Crippen molar-refractivity contribution in [2.45, 2.75) is 19.0 Å². The number of nitrogens with one attached hydrogen (secondary N) is 2. The number of alkyl halides is 5. The molecule has 198 valence electrons. The molecule has 1 saturated heterocycles. The Morgan fingerprint density at radius 1 is 1.17 bits per heavy atom. The Kier molecular flexibility index (Phi) is 8.51. The Morgan fingerprint density at radius 2 is 1.86 bits per heavy atom. The highest BCUT2D eigenvalue weighted by atomic mass is 19.4. The van der Waals surface area contributed by atoms with E-state index >= 15 is 0 Å². The maximum Gasteiger partial charge on any atom is 0.455 e. The number of pyridine rings is 1. The Morgan fingerprint density at radius 3 is 2.50 bits per heavy atom. The second kappa shape index (κ2) is 11.2. The number of rotatable bonds is 8. The lowest BCUT2D eigenvalue weighted by Gasteiger charge is -2.28. The summed E-state index contributed by atoms with van der Waals surface area (Å²) in [5.41, 5.74) is 0.919. The summed E-state index contributed by atoms with van der Waals surface area (Å²) >= 11 is 0. The number of morpholine rings is 1. The van der Waals surface area contributed by atoms with Crippen LogP contribution in [0.3, 0.4) is 0 Å². The van der Waals surface area contributed by atoms with Gasteiger partial charge in [-0.15, -0.1) is 0 Å². The fourth-order valence-electron chi connectivity index (χ4n) is 3.36. The van der Waals surface area contributed by atoms with Crippen LogP contribution in [-0.2, 0) is 4.74 Å². The number of aryl methyl sites for hydroxylation is 1. The fraction of sp³-hybridized carbons (Fsp3) is 0.455. The summed E-state index contributed by atoms with van der Waals surface area (Å²) in [5.74, 6) is -5.38. The number of carbonyl (C=O) groups is 1. The number of nitrogens with zero attached hydrogens (tertiary/aromatic N) is 2. The molecule has 2 amide bonds. The number of hydrogen-bond acceptors (Lipinski definition) is 6. The second-order valence-electron chi connectivity index (χ2n) is 7.88. The first-order valence-corrected chi connectivity index (χ1v) is 10.8. The lowest BCUT2D eigenvalue weighted by atomic mass is 10.00. The van der Waals surface area contributed by atoms with Gasteiger partial charge in [0.2, 0.25) is 5.88 Å². The third-order valence-corrected chi connectivity index (χ3v) is 5.22. The average Bonchev–Trinajstić information content (AvgIpc) is 2.83. The van der Waals surface area contributed by atoms with Crippen molar-refractivity contribution >= 4 is 17.5 Å². The van der Waals surface area contributed by atoms with E-state index < -0.39 is 36.2 Å². The minimum absolute atomic E-state index is 0.0308. The topological polar surface area (TPSA) is 96.0 Å². The standard InChI is InChI=1S/C22H24F6N4O4/c1-13-8-16(23)17(30-20(34)29-12-21(24,25)22(26,27)28)11-15(13)14-9-18(32-2-5-35-6-3-32)31-19(10-14)36-7-4-33/h8-11,33H,2-7,12H2,1H3,(H2,29,30,34). The number of carbonyl (C=O) groups excluding carboxylic acids is 1. The lowest BCUT2D eigenvalue weighted by molar-refractivity contribution is -0.278. The van der Waals surface area contributed by atoms with Gasteiger partial charge in [-0.05, 0) is 41.8 Å². The zero-order valence-corrected chi connectivity index (χ0v) is 19.1. The van der Waals surface area contributed by atoms with Crippen molar-refractivity contribution in [3.63, 3.8) is 0 Å². The lowest BCUT2D eigenvalue weighted by Crippen LogP contribution is -2.47. The number of aromatic nitrogens is 1. The molecule has 0 aliphatic carbocycles. The summed E-state index contributed by atoms with van der Waals surface area (Å²) in [6, 6.07) is 4.10. The predicted molar refractivity (Wildman–Crippen MR) is 118 cm³/mol. The Bertz CT molecular complexity index is 1080. The average molecular weight is 522 g/mol. The number of amides is 2. The molecule has 0 radical (unpaired) electrons. The van der Waals surface area contributed by atoms with Crippen molar-refractivity contribution in [2.75, 3.05) is 56.3 Å². The van der Waals surface area contributed by atoms with E-state index in [2.05, 4.69) is 4.98 Å². The van der Waals surface area contributed by atoms with Gasteiger partial charge in [0.1, 0.15) is 18.2 Å². The first-order valence-electron chi connectivity index (χ1n) is 10.8. The summed E-state index contributed by atoms with van der Waals surface area (Å²) in [5, 5.41) is 12.5. The molecular weight excluding hydrogens is 498 g/mol. The third-order valence-electron chi connectivity index (χ3n) is 5.22. The van der Waals surface area contributed by atoms with E-state index in [1.807, 2.05) is 10.2 Å². The summed E-state index contributed by atoms with van der Waals surface area (Å²) in [4.78, 5) is 18.3. The fourth-order valence-corrected chi connectivity index (χ4v) is 3.36. The molecule has 2 heterocycles. The molecule has 14 heteroatoms. The first-order chi connectivity index (χ1) is 16.9. The molecule has 1 aliphatic rings. The van der Waals surface area contributed by atoms with Gasteiger partial charge in [0.25, 0.3) is 0 Å². The maximum atomic E-state index is 14.5. The Labute approximate surface area is 202 Å². The molecular formula is C22H24F6N4O4. The molecule has 36 heavy (non-hydrogen) atoms. The largest absolute Gasteiger partial charge is 0.475 e. The maximum absolute atomic E-state index is 14.5. The van der Waals surface area contributed by atoms with Crippen molar-refractivity contribution in [3.8, 4) is 17.0 Å². The quantitative estimate of drug-likeness (QED) is 0.458. The number of aliphatic hydroxyl groups excluding tert-OH is 1. The molecule has 0 saturated carbocycles. The van der Waals surface area contributed by atoms with Crippen molar-refractivity contribution in [1.29, 1.82) is 0 Å². The van der Waals surface area contributed by atoms with E-state index in [1.54, 1.807) is 13.0 Å². The summed E-state index contributed by atoms with van der Waals surface area (Å²) < 4.78 is 88.4. The second-order valence-corrected chi connectivity index (χ2v) is 7.88. The van der Waals surface area contributed by atoms with Crippen LogP contribution in [0.4, 0.5) is 42.6 Å². The number of benzene rings is 1. The normalized spacial score (nSPS) is 14.5. The first kappa shape index (κ1) is 27.3. The molecule has 0 spiro atoms.